The zero-order valence-corrected chi connectivity index (χ0v) is 23.7. The molecule has 1 aromatic carbocycles. The number of nitrogens with zero attached hydrogens (tertiary/aromatic N) is 1. The largest absolute Gasteiger partial charge is 0.466 e. The number of benzene rings is 1. The molecule has 1 fully saturated rings. The van der Waals surface area contributed by atoms with E-state index in [0.29, 0.717) is 0 Å². The van der Waals surface area contributed by atoms with Crippen molar-refractivity contribution in [2.24, 2.45) is 0 Å². The molecule has 0 saturated heterocycles. The molecule has 1 aromatic rings. The van der Waals surface area contributed by atoms with Crippen molar-refractivity contribution >= 4 is 36.5 Å². The maximum Gasteiger partial charge on any atom is 0.408 e. The molecule has 0 bridgehead atoms. The standard InChI is InChI=1S/C27H41N3O6S/c1-7-35-21(31)14-15-28-24(32)23(22-17(2)10-8-11-18(22)3)30(19-12-9-13-19)25(33)20(16-37)29-26(34)36-27(4,5)6/h8,10-11,19-20,23,37H,7,9,12-16H2,1-6H3,(H,28,32)(H,29,34). The molecule has 37 heavy (non-hydrogen) atoms. The number of carbonyl (C=O) groups excluding carboxylic acids is 4. The monoisotopic (exact) mass is 535 g/mol. The van der Waals surface area contributed by atoms with Crippen LogP contribution in [-0.2, 0) is 23.9 Å². The van der Waals surface area contributed by atoms with Crippen LogP contribution in [0.25, 0.3) is 0 Å². The van der Waals surface area contributed by atoms with Crippen molar-refractivity contribution in [3.63, 3.8) is 0 Å². The highest BCUT2D eigenvalue weighted by molar-refractivity contribution is 7.80. The van der Waals surface area contributed by atoms with Gasteiger partial charge in [0.05, 0.1) is 13.0 Å². The Balaban J connectivity index is 2.42. The van der Waals surface area contributed by atoms with E-state index in [0.717, 1.165) is 36.0 Å². The SMILES string of the molecule is CCOC(=O)CCNC(=O)C(c1c(C)cccc1C)N(C(=O)C(CS)NC(=O)OC(C)(C)C)C1CCC1. The maximum atomic E-state index is 14.0. The average Bonchev–Trinajstić information content (AvgIpc) is 2.76. The number of alkyl carbamates (subject to hydrolysis) is 1. The van der Waals surface area contributed by atoms with Crippen LogP contribution in [0.15, 0.2) is 18.2 Å². The van der Waals surface area contributed by atoms with E-state index in [1.54, 1.807) is 32.6 Å². The minimum Gasteiger partial charge on any atom is -0.466 e. The molecule has 1 aliphatic carbocycles. The summed E-state index contributed by atoms with van der Waals surface area (Å²) in [6.45, 7) is 11.1. The van der Waals surface area contributed by atoms with Crippen LogP contribution in [0, 0.1) is 13.8 Å². The number of hydrogen-bond donors (Lipinski definition) is 3. The second-order valence-corrected chi connectivity index (χ2v) is 10.6. The average molecular weight is 536 g/mol. The maximum absolute atomic E-state index is 14.0. The summed E-state index contributed by atoms with van der Waals surface area (Å²) in [5.41, 5.74) is 1.73. The number of esters is 1. The summed E-state index contributed by atoms with van der Waals surface area (Å²) >= 11 is 4.33. The van der Waals surface area contributed by atoms with Crippen LogP contribution in [0.5, 0.6) is 0 Å². The van der Waals surface area contributed by atoms with Gasteiger partial charge in [-0.1, -0.05) is 18.2 Å². The van der Waals surface area contributed by atoms with E-state index in [9.17, 15) is 19.2 Å². The Bertz CT molecular complexity index is 953. The van der Waals surface area contributed by atoms with Crippen molar-refractivity contribution in [3.8, 4) is 0 Å². The van der Waals surface area contributed by atoms with E-state index in [4.69, 9.17) is 9.47 Å². The Hall–Kier alpha value is -2.75. The third-order valence-electron chi connectivity index (χ3n) is 6.17. The van der Waals surface area contributed by atoms with Crippen molar-refractivity contribution in [2.45, 2.75) is 91.0 Å². The van der Waals surface area contributed by atoms with Gasteiger partial charge < -0.3 is 25.0 Å². The molecule has 1 aliphatic rings. The summed E-state index contributed by atoms with van der Waals surface area (Å²) in [6, 6.07) is 3.61. The summed E-state index contributed by atoms with van der Waals surface area (Å²) in [4.78, 5) is 53.6. The van der Waals surface area contributed by atoms with Gasteiger partial charge in [-0.05, 0) is 77.5 Å². The predicted molar refractivity (Wildman–Crippen MR) is 144 cm³/mol. The van der Waals surface area contributed by atoms with E-state index in [2.05, 4.69) is 23.3 Å². The molecule has 0 aliphatic heterocycles. The molecule has 0 heterocycles. The summed E-state index contributed by atoms with van der Waals surface area (Å²) < 4.78 is 10.3. The topological polar surface area (TPSA) is 114 Å². The normalized spacial score (nSPS) is 15.1. The molecule has 0 spiro atoms. The Morgan fingerprint density at radius 3 is 2.24 bits per heavy atom. The lowest BCUT2D eigenvalue weighted by Gasteiger charge is -2.44. The molecular formula is C27H41N3O6S. The Kier molecular flexibility index (Phi) is 11.3. The number of amides is 3. The highest BCUT2D eigenvalue weighted by atomic mass is 32.1. The van der Waals surface area contributed by atoms with Crippen molar-refractivity contribution in [2.75, 3.05) is 18.9 Å². The Labute approximate surface area is 225 Å². The van der Waals surface area contributed by atoms with Gasteiger partial charge in [-0.2, -0.15) is 12.6 Å². The fraction of sp³-hybridized carbons (Fsp3) is 0.630. The van der Waals surface area contributed by atoms with E-state index in [-0.39, 0.29) is 31.4 Å². The lowest BCUT2D eigenvalue weighted by atomic mass is 9.86. The molecular weight excluding hydrogens is 494 g/mol. The second kappa shape index (κ2) is 13.7. The number of aryl methyl sites for hydroxylation is 2. The molecule has 3 amide bonds. The molecule has 206 valence electrons. The number of ether oxygens (including phenoxy) is 2. The van der Waals surface area contributed by atoms with Gasteiger partial charge in [-0.15, -0.1) is 0 Å². The fourth-order valence-electron chi connectivity index (χ4n) is 4.27. The van der Waals surface area contributed by atoms with Crippen LogP contribution in [0.4, 0.5) is 4.79 Å². The molecule has 9 nitrogen and oxygen atoms in total. The van der Waals surface area contributed by atoms with Gasteiger partial charge >= 0.3 is 12.1 Å². The first-order valence-electron chi connectivity index (χ1n) is 12.8. The molecule has 2 unspecified atom stereocenters. The Morgan fingerprint density at radius 1 is 1.14 bits per heavy atom. The second-order valence-electron chi connectivity index (χ2n) is 10.3. The van der Waals surface area contributed by atoms with E-state index in [1.807, 2.05) is 32.0 Å². The van der Waals surface area contributed by atoms with E-state index in [1.165, 1.54) is 0 Å². The predicted octanol–water partition coefficient (Wildman–Crippen LogP) is 3.62. The third kappa shape index (κ3) is 8.66. The summed E-state index contributed by atoms with van der Waals surface area (Å²) in [6.07, 6.45) is 1.72. The van der Waals surface area contributed by atoms with Crippen LogP contribution in [-0.4, -0.2) is 65.4 Å². The number of rotatable bonds is 11. The smallest absolute Gasteiger partial charge is 0.408 e. The fourth-order valence-corrected chi connectivity index (χ4v) is 4.52. The van der Waals surface area contributed by atoms with Gasteiger partial charge in [0.2, 0.25) is 11.8 Å². The van der Waals surface area contributed by atoms with Crippen molar-refractivity contribution < 1.29 is 28.7 Å². The van der Waals surface area contributed by atoms with Crippen molar-refractivity contribution in [1.82, 2.24) is 15.5 Å². The highest BCUT2D eigenvalue weighted by Crippen LogP contribution is 2.36. The summed E-state index contributed by atoms with van der Waals surface area (Å²) in [5.74, 6) is -1.17. The summed E-state index contributed by atoms with van der Waals surface area (Å²) in [7, 11) is 0. The number of nitrogens with one attached hydrogen (secondary N) is 2. The van der Waals surface area contributed by atoms with Gasteiger partial charge in [0.1, 0.15) is 17.7 Å². The van der Waals surface area contributed by atoms with Gasteiger partial charge in [0.15, 0.2) is 0 Å². The number of thiol groups is 1. The molecule has 0 aromatic heterocycles. The van der Waals surface area contributed by atoms with Crippen LogP contribution in [0.2, 0.25) is 0 Å². The highest BCUT2D eigenvalue weighted by Gasteiger charge is 2.42. The summed E-state index contributed by atoms with van der Waals surface area (Å²) in [5, 5.41) is 5.46. The molecule has 2 rings (SSSR count). The first kappa shape index (κ1) is 30.5. The van der Waals surface area contributed by atoms with Crippen LogP contribution < -0.4 is 10.6 Å². The molecule has 2 atom stereocenters. The van der Waals surface area contributed by atoms with Crippen molar-refractivity contribution in [1.29, 1.82) is 0 Å². The lowest BCUT2D eigenvalue weighted by molar-refractivity contribution is -0.147. The third-order valence-corrected chi connectivity index (χ3v) is 6.54. The number of hydrogen-bond acceptors (Lipinski definition) is 7. The van der Waals surface area contributed by atoms with Gasteiger partial charge in [-0.25, -0.2) is 4.79 Å². The quantitative estimate of drug-likeness (QED) is 0.295. The molecule has 2 N–H and O–H groups in total. The van der Waals surface area contributed by atoms with Crippen LogP contribution in [0.1, 0.15) is 76.1 Å². The van der Waals surface area contributed by atoms with Gasteiger partial charge in [-0.3, -0.25) is 14.4 Å². The first-order chi connectivity index (χ1) is 17.4. The van der Waals surface area contributed by atoms with Crippen LogP contribution in [0.3, 0.4) is 0 Å². The van der Waals surface area contributed by atoms with Gasteiger partial charge in [0.25, 0.3) is 0 Å². The lowest BCUT2D eigenvalue weighted by Crippen LogP contribution is -2.58. The van der Waals surface area contributed by atoms with Gasteiger partial charge in [0, 0.05) is 18.3 Å². The molecule has 1 saturated carbocycles. The number of carbonyl (C=O) groups is 4. The van der Waals surface area contributed by atoms with Crippen molar-refractivity contribution in [3.05, 3.63) is 34.9 Å². The van der Waals surface area contributed by atoms with E-state index < -0.39 is 41.6 Å². The minimum atomic E-state index is -0.988. The Morgan fingerprint density at radius 2 is 1.76 bits per heavy atom. The minimum absolute atomic E-state index is 0.0237. The molecule has 0 radical (unpaired) electrons. The zero-order chi connectivity index (χ0) is 27.8. The zero-order valence-electron chi connectivity index (χ0n) is 22.8. The first-order valence-corrected chi connectivity index (χ1v) is 13.4. The molecule has 10 heteroatoms. The van der Waals surface area contributed by atoms with Crippen LogP contribution >= 0.6 is 12.6 Å². The van der Waals surface area contributed by atoms with E-state index >= 15 is 0 Å².